The van der Waals surface area contributed by atoms with Crippen LogP contribution in [0.1, 0.15) is 11.4 Å². The van der Waals surface area contributed by atoms with E-state index in [4.69, 9.17) is 0 Å². The second kappa shape index (κ2) is 5.88. The minimum Gasteiger partial charge on any atom is -0.269 e. The predicted molar refractivity (Wildman–Crippen MR) is 82.1 cm³/mol. The van der Waals surface area contributed by atoms with Crippen LogP contribution in [0.2, 0.25) is 0 Å². The molecule has 0 amide bonds. The SMILES string of the molecule is Cc1cccc2nc(CSc3ccc(F)cc3F)cc(=O)n12. The van der Waals surface area contributed by atoms with Gasteiger partial charge in [0.25, 0.3) is 5.56 Å². The van der Waals surface area contributed by atoms with Crippen LogP contribution in [-0.2, 0) is 5.75 Å². The van der Waals surface area contributed by atoms with Gasteiger partial charge < -0.3 is 0 Å². The number of aryl methyl sites for hydroxylation is 1. The van der Waals surface area contributed by atoms with Crippen LogP contribution in [0.3, 0.4) is 0 Å². The molecule has 0 unspecified atom stereocenters. The van der Waals surface area contributed by atoms with Gasteiger partial charge in [0.05, 0.1) is 5.69 Å². The Morgan fingerprint density at radius 3 is 2.77 bits per heavy atom. The summed E-state index contributed by atoms with van der Waals surface area (Å²) in [6, 6.07) is 10.3. The van der Waals surface area contributed by atoms with Gasteiger partial charge in [-0.15, -0.1) is 11.8 Å². The fourth-order valence-corrected chi connectivity index (χ4v) is 2.99. The van der Waals surface area contributed by atoms with Gasteiger partial charge in [0.2, 0.25) is 0 Å². The molecule has 112 valence electrons. The number of aromatic nitrogens is 2. The van der Waals surface area contributed by atoms with E-state index in [9.17, 15) is 13.6 Å². The third kappa shape index (κ3) is 2.87. The lowest BCUT2D eigenvalue weighted by Gasteiger charge is -2.07. The van der Waals surface area contributed by atoms with Gasteiger partial charge in [-0.25, -0.2) is 13.8 Å². The molecule has 3 nitrogen and oxygen atoms in total. The average molecular weight is 318 g/mol. The highest BCUT2D eigenvalue weighted by Gasteiger charge is 2.08. The lowest BCUT2D eigenvalue weighted by molar-refractivity contribution is 0.565. The summed E-state index contributed by atoms with van der Waals surface area (Å²) < 4.78 is 28.0. The van der Waals surface area contributed by atoms with E-state index in [0.717, 1.165) is 11.8 Å². The van der Waals surface area contributed by atoms with Crippen molar-refractivity contribution in [2.24, 2.45) is 0 Å². The largest absolute Gasteiger partial charge is 0.269 e. The molecule has 6 heteroatoms. The van der Waals surface area contributed by atoms with Crippen LogP contribution in [0.25, 0.3) is 5.65 Å². The van der Waals surface area contributed by atoms with Crippen LogP contribution in [0.4, 0.5) is 8.78 Å². The highest BCUT2D eigenvalue weighted by atomic mass is 32.2. The molecule has 0 atom stereocenters. The third-order valence-corrected chi connectivity index (χ3v) is 4.28. The van der Waals surface area contributed by atoms with Gasteiger partial charge in [-0.3, -0.25) is 9.20 Å². The molecule has 0 aliphatic rings. The van der Waals surface area contributed by atoms with Gasteiger partial charge >= 0.3 is 0 Å². The summed E-state index contributed by atoms with van der Waals surface area (Å²) in [6.45, 7) is 1.83. The third-order valence-electron chi connectivity index (χ3n) is 3.20. The molecule has 3 rings (SSSR count). The van der Waals surface area contributed by atoms with Gasteiger partial charge in [0, 0.05) is 28.5 Å². The van der Waals surface area contributed by atoms with Crippen LogP contribution in [0.15, 0.2) is 52.2 Å². The number of fused-ring (bicyclic) bond motifs is 1. The molecule has 3 aromatic rings. The summed E-state index contributed by atoms with van der Waals surface area (Å²) in [5.41, 5.74) is 1.75. The quantitative estimate of drug-likeness (QED) is 0.692. The van der Waals surface area contributed by atoms with E-state index < -0.39 is 11.6 Å². The Hall–Kier alpha value is -2.21. The second-order valence-corrected chi connectivity index (χ2v) is 5.83. The van der Waals surface area contributed by atoms with E-state index >= 15 is 0 Å². The Balaban J connectivity index is 1.90. The van der Waals surface area contributed by atoms with Crippen molar-refractivity contribution >= 4 is 17.4 Å². The minimum atomic E-state index is -0.613. The predicted octanol–water partition coefficient (Wildman–Crippen LogP) is 3.57. The standard InChI is InChI=1S/C16H12F2N2OS/c1-10-3-2-4-15-19-12(8-16(21)20(10)15)9-22-14-6-5-11(17)7-13(14)18/h2-8H,9H2,1H3. The molecule has 2 heterocycles. The van der Waals surface area contributed by atoms with Gasteiger partial charge in [0.15, 0.2) is 0 Å². The summed E-state index contributed by atoms with van der Waals surface area (Å²) in [5.74, 6) is -0.889. The Morgan fingerprint density at radius 2 is 2.00 bits per heavy atom. The van der Waals surface area contributed by atoms with E-state index in [2.05, 4.69) is 4.98 Å². The van der Waals surface area contributed by atoms with Crippen molar-refractivity contribution in [2.45, 2.75) is 17.6 Å². The topological polar surface area (TPSA) is 34.4 Å². The summed E-state index contributed by atoms with van der Waals surface area (Å²) in [6.07, 6.45) is 0. The summed E-state index contributed by atoms with van der Waals surface area (Å²) in [7, 11) is 0. The Morgan fingerprint density at radius 1 is 1.18 bits per heavy atom. The van der Waals surface area contributed by atoms with Crippen LogP contribution in [0, 0.1) is 18.6 Å². The highest BCUT2D eigenvalue weighted by molar-refractivity contribution is 7.98. The van der Waals surface area contributed by atoms with Gasteiger partial charge in [-0.2, -0.15) is 0 Å². The number of hydrogen-bond donors (Lipinski definition) is 0. The van der Waals surface area contributed by atoms with Crippen molar-refractivity contribution in [3.05, 3.63) is 75.8 Å². The number of hydrogen-bond acceptors (Lipinski definition) is 3. The number of rotatable bonds is 3. The number of benzene rings is 1. The monoisotopic (exact) mass is 318 g/mol. The zero-order chi connectivity index (χ0) is 15.7. The fourth-order valence-electron chi connectivity index (χ4n) is 2.18. The summed E-state index contributed by atoms with van der Waals surface area (Å²) >= 11 is 1.18. The molecule has 0 radical (unpaired) electrons. The van der Waals surface area contributed by atoms with E-state index in [0.29, 0.717) is 22.0 Å². The van der Waals surface area contributed by atoms with Crippen LogP contribution >= 0.6 is 11.8 Å². The van der Waals surface area contributed by atoms with Crippen LogP contribution in [-0.4, -0.2) is 9.38 Å². The lowest BCUT2D eigenvalue weighted by Crippen LogP contribution is -2.17. The van der Waals surface area contributed by atoms with Gasteiger partial charge in [-0.05, 0) is 31.2 Å². The van der Waals surface area contributed by atoms with Crippen molar-refractivity contribution in [1.29, 1.82) is 0 Å². The van der Waals surface area contributed by atoms with Crippen molar-refractivity contribution in [1.82, 2.24) is 9.38 Å². The fraction of sp³-hybridized carbons (Fsp3) is 0.125. The van der Waals surface area contributed by atoms with E-state index in [1.54, 1.807) is 6.07 Å². The first-order valence-corrected chi connectivity index (χ1v) is 7.59. The van der Waals surface area contributed by atoms with Crippen molar-refractivity contribution < 1.29 is 8.78 Å². The Bertz CT molecular complexity index is 908. The minimum absolute atomic E-state index is 0.168. The van der Waals surface area contributed by atoms with Crippen molar-refractivity contribution in [3.8, 4) is 0 Å². The zero-order valence-electron chi connectivity index (χ0n) is 11.7. The summed E-state index contributed by atoms with van der Waals surface area (Å²) in [4.78, 5) is 16.9. The molecule has 0 saturated carbocycles. The smallest absolute Gasteiger partial charge is 0.258 e. The maximum absolute atomic E-state index is 13.6. The number of halogens is 2. The van der Waals surface area contributed by atoms with E-state index in [-0.39, 0.29) is 5.56 Å². The molecule has 0 bridgehead atoms. The maximum atomic E-state index is 13.6. The first kappa shape index (κ1) is 14.7. The van der Waals surface area contributed by atoms with Gasteiger partial charge in [-0.1, -0.05) is 6.07 Å². The molecule has 0 aliphatic carbocycles. The molecule has 22 heavy (non-hydrogen) atoms. The molecular formula is C16H12F2N2OS. The van der Waals surface area contributed by atoms with Crippen LogP contribution < -0.4 is 5.56 Å². The number of nitrogens with zero attached hydrogens (tertiary/aromatic N) is 2. The molecule has 0 saturated heterocycles. The number of pyridine rings is 1. The highest BCUT2D eigenvalue weighted by Crippen LogP contribution is 2.25. The van der Waals surface area contributed by atoms with Crippen molar-refractivity contribution in [3.63, 3.8) is 0 Å². The molecule has 2 aromatic heterocycles. The molecule has 0 N–H and O–H groups in total. The first-order valence-electron chi connectivity index (χ1n) is 6.61. The molecular weight excluding hydrogens is 306 g/mol. The molecule has 0 fully saturated rings. The molecule has 0 aliphatic heterocycles. The molecule has 1 aromatic carbocycles. The lowest BCUT2D eigenvalue weighted by atomic mass is 10.3. The van der Waals surface area contributed by atoms with E-state index in [1.165, 1.54) is 34.4 Å². The zero-order valence-corrected chi connectivity index (χ0v) is 12.5. The average Bonchev–Trinajstić information content (AvgIpc) is 2.46. The van der Waals surface area contributed by atoms with E-state index in [1.807, 2.05) is 19.1 Å². The Labute approximate surface area is 129 Å². The molecule has 0 spiro atoms. The van der Waals surface area contributed by atoms with Crippen LogP contribution in [0.5, 0.6) is 0 Å². The first-order chi connectivity index (χ1) is 10.5. The van der Waals surface area contributed by atoms with Crippen molar-refractivity contribution in [2.75, 3.05) is 0 Å². The Kier molecular flexibility index (Phi) is 3.94. The second-order valence-electron chi connectivity index (χ2n) is 4.81. The normalized spacial score (nSPS) is 11.0. The number of thioether (sulfide) groups is 1. The summed E-state index contributed by atoms with van der Waals surface area (Å²) in [5, 5.41) is 0. The van der Waals surface area contributed by atoms with Gasteiger partial charge in [0.1, 0.15) is 17.3 Å². The maximum Gasteiger partial charge on any atom is 0.258 e.